The van der Waals surface area contributed by atoms with Gasteiger partial charge in [-0.2, -0.15) is 0 Å². The first-order valence-electron chi connectivity index (χ1n) is 11.3. The van der Waals surface area contributed by atoms with Gasteiger partial charge >= 0.3 is 0 Å². The Balaban J connectivity index is 0.00000125. The number of nitrogens with one attached hydrogen (secondary N) is 1. The van der Waals surface area contributed by atoms with Gasteiger partial charge in [-0.1, -0.05) is 45.2 Å². The van der Waals surface area contributed by atoms with E-state index < -0.39 is 5.91 Å². The number of nitrogens with zero attached hydrogens (tertiary/aromatic N) is 3. The molecule has 6 N–H and O–H groups in total. The Labute approximate surface area is 187 Å². The number of carbonyl (C=O) groups excluding carboxylic acids is 1. The summed E-state index contributed by atoms with van der Waals surface area (Å²) in [7, 11) is 1.75. The highest BCUT2D eigenvalue weighted by Crippen LogP contribution is 2.26. The molecule has 1 aliphatic heterocycles. The van der Waals surface area contributed by atoms with E-state index in [1.54, 1.807) is 7.11 Å². The topological polar surface area (TPSA) is 128 Å². The van der Waals surface area contributed by atoms with Crippen LogP contribution in [0.3, 0.4) is 0 Å². The summed E-state index contributed by atoms with van der Waals surface area (Å²) in [5.74, 6) is 0.00837. The van der Waals surface area contributed by atoms with E-state index in [1.807, 2.05) is 38.1 Å². The lowest BCUT2D eigenvalue weighted by Crippen LogP contribution is -2.56. The second-order valence-electron chi connectivity index (χ2n) is 7.87. The van der Waals surface area contributed by atoms with Crippen molar-refractivity contribution in [1.82, 2.24) is 21.4 Å². The Morgan fingerprint density at radius 1 is 1.13 bits per heavy atom. The molecule has 2 unspecified atom stereocenters. The van der Waals surface area contributed by atoms with Crippen LogP contribution in [0.1, 0.15) is 64.3 Å². The molecule has 174 valence electrons. The molecule has 0 spiro atoms. The van der Waals surface area contributed by atoms with Crippen LogP contribution in [0.5, 0.6) is 0 Å². The van der Waals surface area contributed by atoms with Crippen molar-refractivity contribution < 1.29 is 11.0 Å². The fraction of sp³-hybridized carbons (Fsp3) is 0.609. The van der Waals surface area contributed by atoms with Crippen LogP contribution >= 0.6 is 0 Å². The molecule has 2 aliphatic rings. The molecule has 1 aromatic heterocycles. The second-order valence-corrected chi connectivity index (χ2v) is 7.87. The fourth-order valence-electron chi connectivity index (χ4n) is 4.49. The predicted molar refractivity (Wildman–Crippen MR) is 128 cm³/mol. The number of rotatable bonds is 5. The summed E-state index contributed by atoms with van der Waals surface area (Å²) in [5.41, 5.74) is 7.29. The van der Waals surface area contributed by atoms with Gasteiger partial charge in [0.25, 0.3) is 5.91 Å². The van der Waals surface area contributed by atoms with Gasteiger partial charge < -0.3 is 26.8 Å². The minimum atomic E-state index is -0.551. The first-order chi connectivity index (χ1) is 14.7. The summed E-state index contributed by atoms with van der Waals surface area (Å²) in [6, 6.07) is 8.45. The molecule has 1 aliphatic carbocycles. The zero-order valence-corrected chi connectivity index (χ0v) is 19.1. The third-order valence-electron chi connectivity index (χ3n) is 6.00. The molecule has 4 rings (SSSR count). The Bertz CT molecular complexity index is 846. The van der Waals surface area contributed by atoms with Crippen LogP contribution in [0.2, 0.25) is 0 Å². The lowest BCUT2D eigenvalue weighted by Gasteiger charge is -2.41. The van der Waals surface area contributed by atoms with Crippen molar-refractivity contribution in [1.29, 1.82) is 0 Å². The van der Waals surface area contributed by atoms with Gasteiger partial charge in [-0.25, -0.2) is 9.97 Å². The minimum absolute atomic E-state index is 0. The molecular weight excluding hydrogens is 392 g/mol. The van der Waals surface area contributed by atoms with E-state index in [9.17, 15) is 4.79 Å². The van der Waals surface area contributed by atoms with Gasteiger partial charge in [0.05, 0.1) is 17.1 Å². The smallest absolute Gasteiger partial charge is 0.271 e. The summed E-state index contributed by atoms with van der Waals surface area (Å²) in [6.07, 6.45) is 7.43. The van der Waals surface area contributed by atoms with E-state index in [0.29, 0.717) is 30.0 Å². The SMILES string of the molecule is CC.COC1CN(c2nc3ccccc3nc2C(N)=O)CCC1NC1CCCCC1.N.[HH]. The average Bonchev–Trinajstić information content (AvgIpc) is 2.80. The number of para-hydroxylation sites is 2. The lowest BCUT2D eigenvalue weighted by atomic mass is 9.92. The number of amides is 1. The summed E-state index contributed by atoms with van der Waals surface area (Å²) < 4.78 is 5.82. The highest BCUT2D eigenvalue weighted by molar-refractivity contribution is 5.98. The van der Waals surface area contributed by atoms with Crippen LogP contribution in [0.15, 0.2) is 24.3 Å². The third-order valence-corrected chi connectivity index (χ3v) is 6.00. The summed E-state index contributed by atoms with van der Waals surface area (Å²) in [6.45, 7) is 5.45. The average molecular weight is 433 g/mol. The first kappa shape index (κ1) is 25.0. The van der Waals surface area contributed by atoms with E-state index in [2.05, 4.69) is 15.2 Å². The standard InChI is InChI=1S/C21H29N5O2.C2H6.H3N.H2/c1-28-18-13-26(12-11-17(18)23-14-7-3-2-4-8-14)21-19(20(22)27)24-15-9-5-6-10-16(15)25-21;1-2;;/h5-6,9-10,14,17-18,23H,2-4,7-8,11-13H2,1H3,(H2,22,27);1-2H3;1H3;1H. The molecule has 2 atom stereocenters. The number of carbonyl (C=O) groups is 1. The van der Waals surface area contributed by atoms with Crippen LogP contribution in [-0.2, 0) is 4.74 Å². The van der Waals surface area contributed by atoms with E-state index >= 15 is 0 Å². The number of anilines is 1. The molecule has 0 radical (unpaired) electrons. The number of fused-ring (bicyclic) bond motifs is 1. The van der Waals surface area contributed by atoms with Crippen LogP contribution in [0.25, 0.3) is 11.0 Å². The van der Waals surface area contributed by atoms with Gasteiger partial charge in [0.15, 0.2) is 11.5 Å². The molecule has 1 saturated carbocycles. The van der Waals surface area contributed by atoms with Gasteiger partial charge in [0.2, 0.25) is 0 Å². The number of primary amides is 1. The van der Waals surface area contributed by atoms with Crippen LogP contribution < -0.4 is 22.1 Å². The quantitative estimate of drug-likeness (QED) is 0.657. The Kier molecular flexibility index (Phi) is 9.61. The monoisotopic (exact) mass is 432 g/mol. The van der Waals surface area contributed by atoms with Crippen molar-refractivity contribution in [2.24, 2.45) is 5.73 Å². The van der Waals surface area contributed by atoms with Gasteiger partial charge in [0.1, 0.15) is 0 Å². The number of hydrogen-bond donors (Lipinski definition) is 3. The Morgan fingerprint density at radius 2 is 1.77 bits per heavy atom. The second kappa shape index (κ2) is 11.9. The van der Waals surface area contributed by atoms with E-state index in [-0.39, 0.29) is 19.4 Å². The highest BCUT2D eigenvalue weighted by Gasteiger charge is 2.33. The maximum Gasteiger partial charge on any atom is 0.271 e. The molecule has 1 saturated heterocycles. The number of ether oxygens (including phenoxy) is 1. The van der Waals surface area contributed by atoms with Crippen molar-refractivity contribution in [3.05, 3.63) is 30.0 Å². The van der Waals surface area contributed by atoms with Crippen molar-refractivity contribution in [2.45, 2.75) is 70.6 Å². The number of methoxy groups -OCH3 is 1. The summed E-state index contributed by atoms with van der Waals surface area (Å²) in [4.78, 5) is 23.3. The maximum atomic E-state index is 12.0. The van der Waals surface area contributed by atoms with Gasteiger partial charge in [-0.15, -0.1) is 0 Å². The van der Waals surface area contributed by atoms with Gasteiger partial charge in [-0.05, 0) is 31.4 Å². The zero-order valence-electron chi connectivity index (χ0n) is 19.1. The van der Waals surface area contributed by atoms with E-state index in [1.165, 1.54) is 32.1 Å². The Hall–Kier alpha value is -2.29. The highest BCUT2D eigenvalue weighted by atomic mass is 16.5. The van der Waals surface area contributed by atoms with Crippen LogP contribution in [-0.4, -0.2) is 54.3 Å². The molecule has 2 aromatic rings. The predicted octanol–water partition coefficient (Wildman–Crippen LogP) is 3.68. The number of nitrogens with two attached hydrogens (primary N) is 1. The molecule has 2 fully saturated rings. The molecular formula is C23H40N6O2. The van der Waals surface area contributed by atoms with Crippen LogP contribution in [0, 0.1) is 0 Å². The molecule has 1 amide bonds. The maximum absolute atomic E-state index is 12.0. The van der Waals surface area contributed by atoms with Crippen molar-refractivity contribution in [2.75, 3.05) is 25.1 Å². The fourth-order valence-corrected chi connectivity index (χ4v) is 4.49. The first-order valence-corrected chi connectivity index (χ1v) is 11.3. The lowest BCUT2D eigenvalue weighted by molar-refractivity contribution is 0.0533. The van der Waals surface area contributed by atoms with Crippen LogP contribution in [0.4, 0.5) is 5.82 Å². The van der Waals surface area contributed by atoms with Crippen molar-refractivity contribution in [3.8, 4) is 0 Å². The summed E-state index contributed by atoms with van der Waals surface area (Å²) >= 11 is 0. The largest absolute Gasteiger partial charge is 0.378 e. The molecule has 8 nitrogen and oxygen atoms in total. The van der Waals surface area contributed by atoms with Crippen molar-refractivity contribution >= 4 is 22.8 Å². The molecule has 31 heavy (non-hydrogen) atoms. The number of piperidine rings is 1. The number of hydrogen-bond acceptors (Lipinski definition) is 7. The normalized spacial score (nSPS) is 21.7. The molecule has 2 heterocycles. The molecule has 0 bridgehead atoms. The zero-order chi connectivity index (χ0) is 21.5. The van der Waals surface area contributed by atoms with Gasteiger partial charge in [0, 0.05) is 33.7 Å². The molecule has 8 heteroatoms. The van der Waals surface area contributed by atoms with Gasteiger partial charge in [-0.3, -0.25) is 4.79 Å². The summed E-state index contributed by atoms with van der Waals surface area (Å²) in [5, 5.41) is 3.82. The minimum Gasteiger partial charge on any atom is -0.378 e. The van der Waals surface area contributed by atoms with E-state index in [4.69, 9.17) is 15.5 Å². The number of aromatic nitrogens is 2. The number of benzene rings is 1. The third kappa shape index (κ3) is 5.90. The van der Waals surface area contributed by atoms with Crippen molar-refractivity contribution in [3.63, 3.8) is 0 Å². The molecule has 1 aromatic carbocycles. The van der Waals surface area contributed by atoms with E-state index in [0.717, 1.165) is 18.5 Å². The Morgan fingerprint density at radius 3 is 2.39 bits per heavy atom.